The summed E-state index contributed by atoms with van der Waals surface area (Å²) in [4.78, 5) is 32.9. The van der Waals surface area contributed by atoms with Gasteiger partial charge >= 0.3 is 0 Å². The van der Waals surface area contributed by atoms with Gasteiger partial charge in [-0.1, -0.05) is 22.9 Å². The number of carbonyl (C=O) groups excluding carboxylic acids is 1. The number of hydrazone groups is 1. The van der Waals surface area contributed by atoms with E-state index >= 15 is 0 Å². The van der Waals surface area contributed by atoms with Gasteiger partial charge in [-0.3, -0.25) is 25.0 Å². The third-order valence-corrected chi connectivity index (χ3v) is 4.57. The monoisotopic (exact) mass is 443 g/mol. The molecule has 158 valence electrons. The van der Waals surface area contributed by atoms with Crippen LogP contribution in [0.3, 0.4) is 0 Å². The van der Waals surface area contributed by atoms with Gasteiger partial charge in [-0.25, -0.2) is 10.1 Å². The molecule has 1 heterocycles. The number of non-ortho nitro benzene ring substituents is 2. The lowest BCUT2D eigenvalue weighted by Crippen LogP contribution is -2.20. The molecule has 2 aromatic carbocycles. The molecule has 0 radical (unpaired) electrons. The van der Waals surface area contributed by atoms with Gasteiger partial charge in [0.05, 0.1) is 37.5 Å². The van der Waals surface area contributed by atoms with E-state index in [0.29, 0.717) is 22.8 Å². The predicted molar refractivity (Wildman–Crippen MR) is 111 cm³/mol. The highest BCUT2D eigenvalue weighted by Gasteiger charge is 2.17. The normalized spacial score (nSPS) is 11.3. The quantitative estimate of drug-likeness (QED) is 0.347. The second-order valence-corrected chi connectivity index (χ2v) is 6.68. The van der Waals surface area contributed by atoms with Gasteiger partial charge in [-0.15, -0.1) is 5.10 Å². The van der Waals surface area contributed by atoms with Crippen LogP contribution in [0.5, 0.6) is 0 Å². The summed E-state index contributed by atoms with van der Waals surface area (Å²) in [6.07, 6.45) is 0. The summed E-state index contributed by atoms with van der Waals surface area (Å²) >= 11 is 5.94. The molecular weight excluding hydrogens is 430 g/mol. The first kappa shape index (κ1) is 21.5. The van der Waals surface area contributed by atoms with Gasteiger partial charge in [0.25, 0.3) is 17.3 Å². The van der Waals surface area contributed by atoms with Gasteiger partial charge in [0, 0.05) is 24.3 Å². The van der Waals surface area contributed by atoms with E-state index < -0.39 is 15.8 Å². The lowest BCUT2D eigenvalue weighted by molar-refractivity contribution is -0.385. The van der Waals surface area contributed by atoms with Crippen LogP contribution in [0.25, 0.3) is 5.69 Å². The maximum Gasteiger partial charge on any atom is 0.272 e. The van der Waals surface area contributed by atoms with Crippen LogP contribution in [0.1, 0.15) is 28.7 Å². The first-order valence-electron chi connectivity index (χ1n) is 8.65. The average molecular weight is 444 g/mol. The Morgan fingerprint density at radius 1 is 1.13 bits per heavy atom. The predicted octanol–water partition coefficient (Wildman–Crippen LogP) is 3.20. The third kappa shape index (κ3) is 4.53. The summed E-state index contributed by atoms with van der Waals surface area (Å²) < 4.78 is 1.41. The molecule has 12 nitrogen and oxygen atoms in total. The summed E-state index contributed by atoms with van der Waals surface area (Å²) in [5, 5.41) is 33.7. The minimum Gasteiger partial charge on any atom is -0.267 e. The molecule has 0 saturated heterocycles. The van der Waals surface area contributed by atoms with E-state index in [1.165, 1.54) is 28.9 Å². The van der Waals surface area contributed by atoms with E-state index in [2.05, 4.69) is 20.8 Å². The Morgan fingerprint density at radius 2 is 1.81 bits per heavy atom. The first-order chi connectivity index (χ1) is 14.7. The van der Waals surface area contributed by atoms with Gasteiger partial charge in [-0.05, 0) is 26.0 Å². The van der Waals surface area contributed by atoms with Gasteiger partial charge in [-0.2, -0.15) is 5.10 Å². The fraction of sp³-hybridized carbons (Fsp3) is 0.111. The molecule has 0 aliphatic carbocycles. The van der Waals surface area contributed by atoms with Crippen molar-refractivity contribution in [3.05, 3.63) is 84.7 Å². The standard InChI is InChI=1S/C18H14ClN7O5/c1-10(20-22-18(27)15-7-6-14(26(30)31)9-16(15)19)17-11(2)24(23-21-17)12-4-3-5-13(8-12)25(28)29/h3-9H,1-2H3,(H,22,27)/b20-10+. The topological polar surface area (TPSA) is 158 Å². The number of nitro groups is 2. The van der Waals surface area contributed by atoms with Gasteiger partial charge in [0.2, 0.25) is 0 Å². The minimum absolute atomic E-state index is 0.0146. The molecule has 0 atom stereocenters. The Hall–Kier alpha value is -4.19. The average Bonchev–Trinajstić information content (AvgIpc) is 3.13. The molecule has 0 fully saturated rings. The molecule has 0 spiro atoms. The molecule has 0 saturated carbocycles. The highest BCUT2D eigenvalue weighted by Crippen LogP contribution is 2.22. The van der Waals surface area contributed by atoms with Crippen molar-refractivity contribution in [1.82, 2.24) is 20.4 Å². The van der Waals surface area contributed by atoms with Crippen molar-refractivity contribution in [3.8, 4) is 5.69 Å². The molecule has 1 aromatic heterocycles. The van der Waals surface area contributed by atoms with Crippen molar-refractivity contribution in [3.63, 3.8) is 0 Å². The van der Waals surface area contributed by atoms with Gasteiger partial charge < -0.3 is 0 Å². The van der Waals surface area contributed by atoms with Crippen LogP contribution in [-0.2, 0) is 0 Å². The van der Waals surface area contributed by atoms with E-state index in [9.17, 15) is 25.0 Å². The molecule has 13 heteroatoms. The second-order valence-electron chi connectivity index (χ2n) is 6.27. The molecular formula is C18H14ClN7O5. The summed E-state index contributed by atoms with van der Waals surface area (Å²) in [6.45, 7) is 3.29. The number of carbonyl (C=O) groups is 1. The van der Waals surface area contributed by atoms with Crippen molar-refractivity contribution < 1.29 is 14.6 Å². The fourth-order valence-electron chi connectivity index (χ4n) is 2.70. The SMILES string of the molecule is C/C(=N\NC(=O)c1ccc([N+](=O)[O-])cc1Cl)c1nnn(-c2cccc([N+](=O)[O-])c2)c1C. The zero-order valence-corrected chi connectivity index (χ0v) is 16.9. The molecule has 1 amide bonds. The molecule has 0 bridgehead atoms. The molecule has 0 unspecified atom stereocenters. The molecule has 31 heavy (non-hydrogen) atoms. The van der Waals surface area contributed by atoms with Gasteiger partial charge in [0.1, 0.15) is 5.69 Å². The van der Waals surface area contributed by atoms with E-state index in [1.54, 1.807) is 19.9 Å². The number of rotatable bonds is 6. The molecule has 0 aliphatic heterocycles. The number of nitro benzene ring substituents is 2. The van der Waals surface area contributed by atoms with Crippen molar-refractivity contribution >= 4 is 34.6 Å². The molecule has 3 rings (SSSR count). The first-order valence-corrected chi connectivity index (χ1v) is 9.03. The highest BCUT2D eigenvalue weighted by molar-refractivity contribution is 6.34. The number of nitrogens with zero attached hydrogens (tertiary/aromatic N) is 6. The number of hydrogen-bond acceptors (Lipinski definition) is 8. The smallest absolute Gasteiger partial charge is 0.267 e. The van der Waals surface area contributed by atoms with Gasteiger partial charge in [0.15, 0.2) is 0 Å². The van der Waals surface area contributed by atoms with Crippen molar-refractivity contribution in [2.24, 2.45) is 5.10 Å². The van der Waals surface area contributed by atoms with Crippen LogP contribution in [0.15, 0.2) is 47.6 Å². The zero-order valence-electron chi connectivity index (χ0n) is 16.1. The lowest BCUT2D eigenvalue weighted by atomic mass is 10.2. The van der Waals surface area contributed by atoms with E-state index in [1.807, 2.05) is 0 Å². The third-order valence-electron chi connectivity index (χ3n) is 4.26. The second kappa shape index (κ2) is 8.67. The number of halogens is 1. The summed E-state index contributed by atoms with van der Waals surface area (Å²) in [5.74, 6) is -0.664. The van der Waals surface area contributed by atoms with Crippen LogP contribution in [-0.4, -0.2) is 36.5 Å². The van der Waals surface area contributed by atoms with Crippen LogP contribution in [0.2, 0.25) is 5.02 Å². The Balaban J connectivity index is 1.82. The summed E-state index contributed by atoms with van der Waals surface area (Å²) in [5.41, 5.74) is 3.67. The summed E-state index contributed by atoms with van der Waals surface area (Å²) in [6, 6.07) is 9.35. The number of aromatic nitrogens is 3. The van der Waals surface area contributed by atoms with E-state index in [4.69, 9.17) is 11.6 Å². The van der Waals surface area contributed by atoms with Crippen molar-refractivity contribution in [1.29, 1.82) is 0 Å². The zero-order chi connectivity index (χ0) is 22.7. The number of amides is 1. The fourth-order valence-corrected chi connectivity index (χ4v) is 2.96. The van der Waals surface area contributed by atoms with Crippen LogP contribution < -0.4 is 5.43 Å². The van der Waals surface area contributed by atoms with Crippen molar-refractivity contribution in [2.45, 2.75) is 13.8 Å². The number of hydrogen-bond donors (Lipinski definition) is 1. The van der Waals surface area contributed by atoms with Crippen LogP contribution >= 0.6 is 11.6 Å². The lowest BCUT2D eigenvalue weighted by Gasteiger charge is -2.05. The van der Waals surface area contributed by atoms with Crippen LogP contribution in [0.4, 0.5) is 11.4 Å². The Kier molecular flexibility index (Phi) is 6.02. The Bertz CT molecular complexity index is 1240. The Labute approximate surface area is 179 Å². The number of benzene rings is 2. The number of nitrogens with one attached hydrogen (secondary N) is 1. The largest absolute Gasteiger partial charge is 0.272 e. The molecule has 0 aliphatic rings. The maximum absolute atomic E-state index is 12.3. The highest BCUT2D eigenvalue weighted by atomic mass is 35.5. The maximum atomic E-state index is 12.3. The minimum atomic E-state index is -0.664. The van der Waals surface area contributed by atoms with E-state index in [-0.39, 0.29) is 22.0 Å². The van der Waals surface area contributed by atoms with Crippen LogP contribution in [0, 0.1) is 27.2 Å². The summed E-state index contributed by atoms with van der Waals surface area (Å²) in [7, 11) is 0. The van der Waals surface area contributed by atoms with E-state index in [0.717, 1.165) is 12.1 Å². The molecule has 3 aromatic rings. The Morgan fingerprint density at radius 3 is 2.45 bits per heavy atom. The van der Waals surface area contributed by atoms with Crippen molar-refractivity contribution in [2.75, 3.05) is 0 Å². The molecule has 1 N–H and O–H groups in total.